The van der Waals surface area contributed by atoms with E-state index in [2.05, 4.69) is 5.32 Å². The molecule has 1 aliphatic rings. The van der Waals surface area contributed by atoms with Gasteiger partial charge in [-0.3, -0.25) is 19.3 Å². The van der Waals surface area contributed by atoms with Crippen LogP contribution >= 0.6 is 23.4 Å². The Bertz CT molecular complexity index is 1120. The van der Waals surface area contributed by atoms with Gasteiger partial charge in [-0.1, -0.05) is 17.7 Å². The molecule has 1 saturated heterocycles. The average Bonchev–Trinajstić information content (AvgIpc) is 3.01. The van der Waals surface area contributed by atoms with Crippen molar-refractivity contribution in [1.82, 2.24) is 4.90 Å². The number of thioether (sulfide) groups is 1. The molecule has 1 fully saturated rings. The van der Waals surface area contributed by atoms with Crippen molar-refractivity contribution in [3.63, 3.8) is 0 Å². The number of rotatable bonds is 8. The van der Waals surface area contributed by atoms with Gasteiger partial charge in [-0.05, 0) is 67.6 Å². The number of methoxy groups -OCH3 is 2. The summed E-state index contributed by atoms with van der Waals surface area (Å²) in [5.41, 5.74) is 1.08. The minimum absolute atomic E-state index is 0.0265. The van der Waals surface area contributed by atoms with Gasteiger partial charge in [0.05, 0.1) is 30.3 Å². The number of halogens is 1. The Morgan fingerprint density at radius 1 is 1.09 bits per heavy atom. The predicted molar refractivity (Wildman–Crippen MR) is 128 cm³/mol. The van der Waals surface area contributed by atoms with E-state index in [0.29, 0.717) is 33.5 Å². The first-order valence-electron chi connectivity index (χ1n) is 9.95. The van der Waals surface area contributed by atoms with Crippen molar-refractivity contribution in [2.45, 2.75) is 20.0 Å². The molecule has 0 aliphatic carbocycles. The van der Waals surface area contributed by atoms with Gasteiger partial charge in [0.25, 0.3) is 11.1 Å². The van der Waals surface area contributed by atoms with Crippen LogP contribution < -0.4 is 19.5 Å². The van der Waals surface area contributed by atoms with E-state index in [1.807, 2.05) is 13.8 Å². The molecule has 2 aromatic rings. The Labute approximate surface area is 200 Å². The fourth-order valence-electron chi connectivity index (χ4n) is 3.00. The molecule has 0 saturated carbocycles. The standard InChI is InChI=1S/C23H23ClN2O6S/c1-13(2)32-18-7-5-14(9-19(18)31-4)10-20-22(28)26(23(29)33-20)12-21(27)25-15-6-8-17(30-3)16(24)11-15/h5-11,13H,12H2,1-4H3,(H,25,27)/b20-10-. The molecule has 3 rings (SSSR count). The zero-order valence-electron chi connectivity index (χ0n) is 18.5. The molecule has 1 aliphatic heterocycles. The predicted octanol–water partition coefficient (Wildman–Crippen LogP) is 4.82. The number of nitrogens with zero attached hydrogens (tertiary/aromatic N) is 1. The number of hydrogen-bond donors (Lipinski definition) is 1. The summed E-state index contributed by atoms with van der Waals surface area (Å²) in [6, 6.07) is 9.94. The van der Waals surface area contributed by atoms with Crippen LogP contribution in [0.3, 0.4) is 0 Å². The smallest absolute Gasteiger partial charge is 0.294 e. The first-order valence-corrected chi connectivity index (χ1v) is 11.1. The van der Waals surface area contributed by atoms with Crippen molar-refractivity contribution >= 4 is 52.2 Å². The highest BCUT2D eigenvalue weighted by molar-refractivity contribution is 8.18. The molecule has 10 heteroatoms. The molecule has 33 heavy (non-hydrogen) atoms. The lowest BCUT2D eigenvalue weighted by atomic mass is 10.2. The molecule has 0 unspecified atom stereocenters. The van der Waals surface area contributed by atoms with Crippen LogP contribution in [-0.2, 0) is 9.59 Å². The van der Waals surface area contributed by atoms with E-state index in [4.69, 9.17) is 25.8 Å². The minimum atomic E-state index is -0.547. The van der Waals surface area contributed by atoms with Gasteiger partial charge in [0.2, 0.25) is 5.91 Å². The number of benzene rings is 2. The van der Waals surface area contributed by atoms with E-state index >= 15 is 0 Å². The third-order valence-electron chi connectivity index (χ3n) is 4.46. The average molecular weight is 491 g/mol. The number of ether oxygens (including phenoxy) is 3. The monoisotopic (exact) mass is 490 g/mol. The van der Waals surface area contributed by atoms with Crippen molar-refractivity contribution in [2.24, 2.45) is 0 Å². The number of hydrogen-bond acceptors (Lipinski definition) is 7. The van der Waals surface area contributed by atoms with Crippen molar-refractivity contribution in [2.75, 3.05) is 26.1 Å². The third kappa shape index (κ3) is 6.00. The molecule has 0 radical (unpaired) electrons. The minimum Gasteiger partial charge on any atom is -0.495 e. The summed E-state index contributed by atoms with van der Waals surface area (Å²) < 4.78 is 16.1. The zero-order chi connectivity index (χ0) is 24.1. The van der Waals surface area contributed by atoms with E-state index in [1.165, 1.54) is 20.3 Å². The second kappa shape index (κ2) is 10.6. The molecular weight excluding hydrogens is 468 g/mol. The SMILES string of the molecule is COc1ccc(NC(=O)CN2C(=O)S/C(=C\c3ccc(OC(C)C)c(OC)c3)C2=O)cc1Cl. The quantitative estimate of drug-likeness (QED) is 0.530. The molecule has 0 atom stereocenters. The summed E-state index contributed by atoms with van der Waals surface area (Å²) in [6.07, 6.45) is 1.55. The second-order valence-corrected chi connectivity index (χ2v) is 8.64. The maximum atomic E-state index is 12.8. The molecule has 0 aromatic heterocycles. The van der Waals surface area contributed by atoms with E-state index in [9.17, 15) is 14.4 Å². The van der Waals surface area contributed by atoms with Crippen molar-refractivity contribution in [3.05, 3.63) is 51.9 Å². The lowest BCUT2D eigenvalue weighted by Crippen LogP contribution is -2.36. The molecule has 3 amide bonds. The van der Waals surface area contributed by atoms with E-state index < -0.39 is 23.6 Å². The van der Waals surface area contributed by atoms with Gasteiger partial charge in [0, 0.05) is 5.69 Å². The fraction of sp³-hybridized carbons (Fsp3) is 0.261. The summed E-state index contributed by atoms with van der Waals surface area (Å²) in [7, 11) is 3.01. The second-order valence-electron chi connectivity index (χ2n) is 7.24. The molecule has 174 valence electrons. The number of anilines is 1. The fourth-order valence-corrected chi connectivity index (χ4v) is 4.10. The van der Waals surface area contributed by atoms with Crippen LogP contribution in [0.4, 0.5) is 10.5 Å². The van der Waals surface area contributed by atoms with Gasteiger partial charge in [0.1, 0.15) is 12.3 Å². The van der Waals surface area contributed by atoms with Gasteiger partial charge in [-0.2, -0.15) is 0 Å². The molecule has 0 spiro atoms. The van der Waals surface area contributed by atoms with Gasteiger partial charge in [-0.25, -0.2) is 0 Å². The van der Waals surface area contributed by atoms with Gasteiger partial charge >= 0.3 is 0 Å². The van der Waals surface area contributed by atoms with Crippen LogP contribution in [0.15, 0.2) is 41.3 Å². The molecular formula is C23H23ClN2O6S. The Kier molecular flexibility index (Phi) is 7.88. The van der Waals surface area contributed by atoms with Gasteiger partial charge in [0.15, 0.2) is 11.5 Å². The molecule has 1 heterocycles. The normalized spacial score (nSPS) is 14.7. The van der Waals surface area contributed by atoms with E-state index in [0.717, 1.165) is 16.7 Å². The molecule has 2 aromatic carbocycles. The maximum absolute atomic E-state index is 12.8. The molecule has 8 nitrogen and oxygen atoms in total. The van der Waals surface area contributed by atoms with Crippen LogP contribution in [0.1, 0.15) is 19.4 Å². The van der Waals surface area contributed by atoms with Crippen LogP contribution in [0.5, 0.6) is 17.2 Å². The number of nitrogens with one attached hydrogen (secondary N) is 1. The van der Waals surface area contributed by atoms with Crippen LogP contribution in [-0.4, -0.2) is 48.8 Å². The van der Waals surface area contributed by atoms with Crippen LogP contribution in [0.2, 0.25) is 5.02 Å². The van der Waals surface area contributed by atoms with Gasteiger partial charge in [-0.15, -0.1) is 0 Å². The first kappa shape index (κ1) is 24.5. The third-order valence-corrected chi connectivity index (χ3v) is 5.66. The Hall–Kier alpha value is -3.17. The maximum Gasteiger partial charge on any atom is 0.294 e. The lowest BCUT2D eigenvalue weighted by molar-refractivity contribution is -0.127. The van der Waals surface area contributed by atoms with Crippen LogP contribution in [0.25, 0.3) is 6.08 Å². The number of carbonyl (C=O) groups excluding carboxylic acids is 3. The highest BCUT2D eigenvalue weighted by Crippen LogP contribution is 2.35. The summed E-state index contributed by atoms with van der Waals surface area (Å²) >= 11 is 6.83. The molecule has 1 N–H and O–H groups in total. The van der Waals surface area contributed by atoms with Crippen molar-refractivity contribution in [1.29, 1.82) is 0 Å². The van der Waals surface area contributed by atoms with Crippen LogP contribution in [0, 0.1) is 0 Å². The van der Waals surface area contributed by atoms with Crippen molar-refractivity contribution < 1.29 is 28.6 Å². The lowest BCUT2D eigenvalue weighted by Gasteiger charge is -2.14. The summed E-state index contributed by atoms with van der Waals surface area (Å²) in [5, 5.41) is 2.42. The largest absolute Gasteiger partial charge is 0.495 e. The van der Waals surface area contributed by atoms with E-state index in [-0.39, 0.29) is 11.0 Å². The Balaban J connectivity index is 1.70. The van der Waals surface area contributed by atoms with Gasteiger partial charge < -0.3 is 19.5 Å². The van der Waals surface area contributed by atoms with E-state index in [1.54, 1.807) is 36.4 Å². The summed E-state index contributed by atoms with van der Waals surface area (Å²) in [5.74, 6) is 0.472. The highest BCUT2D eigenvalue weighted by Gasteiger charge is 2.36. The summed E-state index contributed by atoms with van der Waals surface area (Å²) in [6.45, 7) is 3.39. The first-order chi connectivity index (χ1) is 15.7. The zero-order valence-corrected chi connectivity index (χ0v) is 20.1. The number of carbonyl (C=O) groups is 3. The Morgan fingerprint density at radius 2 is 1.79 bits per heavy atom. The molecule has 0 bridgehead atoms. The topological polar surface area (TPSA) is 94.2 Å². The summed E-state index contributed by atoms with van der Waals surface area (Å²) in [4.78, 5) is 38.6. The Morgan fingerprint density at radius 3 is 2.42 bits per heavy atom. The van der Waals surface area contributed by atoms with Crippen molar-refractivity contribution in [3.8, 4) is 17.2 Å². The number of imide groups is 1. The number of amides is 3. The highest BCUT2D eigenvalue weighted by atomic mass is 35.5.